The Balaban J connectivity index is 1.07. The average molecular weight is 744 g/mol. The third kappa shape index (κ3) is 5.95. The number of benzene rings is 9. The minimum Gasteiger partial charge on any atom is -0.208 e. The van der Waals surface area contributed by atoms with E-state index in [9.17, 15) is 0 Å². The predicted molar refractivity (Wildman–Crippen MR) is 240 cm³/mol. The first-order chi connectivity index (χ1) is 28.2. The van der Waals surface area contributed by atoms with Gasteiger partial charge in [-0.25, -0.2) is 15.0 Å². The highest BCUT2D eigenvalue weighted by atomic mass is 32.1. The number of thiophene rings is 1. The quantitative estimate of drug-likeness (QED) is 0.170. The molecule has 0 aliphatic carbocycles. The average Bonchev–Trinajstić information content (AvgIpc) is 3.68. The normalized spacial score (nSPS) is 11.5. The molecule has 0 atom stereocenters. The highest BCUT2D eigenvalue weighted by Gasteiger charge is 2.20. The van der Waals surface area contributed by atoms with Crippen molar-refractivity contribution in [1.82, 2.24) is 15.0 Å². The Labute approximate surface area is 334 Å². The van der Waals surface area contributed by atoms with E-state index >= 15 is 0 Å². The lowest BCUT2D eigenvalue weighted by Crippen LogP contribution is -2.00. The molecule has 0 saturated heterocycles. The first kappa shape index (κ1) is 33.1. The van der Waals surface area contributed by atoms with E-state index in [4.69, 9.17) is 15.0 Å². The molecule has 0 amide bonds. The van der Waals surface area contributed by atoms with Crippen LogP contribution in [0.2, 0.25) is 0 Å². The van der Waals surface area contributed by atoms with Crippen LogP contribution in [0.5, 0.6) is 0 Å². The maximum absolute atomic E-state index is 5.24. The van der Waals surface area contributed by atoms with Gasteiger partial charge in [-0.1, -0.05) is 176 Å². The van der Waals surface area contributed by atoms with Gasteiger partial charge in [0.2, 0.25) is 0 Å². The van der Waals surface area contributed by atoms with Crippen molar-refractivity contribution in [2.45, 2.75) is 0 Å². The number of hydrogen-bond donors (Lipinski definition) is 0. The molecule has 3 nitrogen and oxygen atoms in total. The van der Waals surface area contributed by atoms with Gasteiger partial charge in [-0.2, -0.15) is 0 Å². The maximum atomic E-state index is 5.24. The summed E-state index contributed by atoms with van der Waals surface area (Å²) >= 11 is 1.82. The largest absolute Gasteiger partial charge is 0.208 e. The molecule has 11 rings (SSSR count). The standard InChI is InChI=1S/C53H33N3S/c1-3-13-34(14-4-1)40-19-11-20-42(32-40)52-54-51(38-16-5-2-6-17-38)55-53(56-52)46-33-48-50(45-22-10-9-21-44(45)46)49-43(23-12-24-47(49)57-48)37-28-25-36(26-29-37)41-30-27-35-15-7-8-18-39(35)31-41/h1-33H. The lowest BCUT2D eigenvalue weighted by molar-refractivity contribution is 1.08. The summed E-state index contributed by atoms with van der Waals surface area (Å²) in [6.07, 6.45) is 0. The Hall–Kier alpha value is -7.27. The Morgan fingerprint density at radius 1 is 0.281 bits per heavy atom. The van der Waals surface area contributed by atoms with Crippen molar-refractivity contribution in [2.24, 2.45) is 0 Å². The Morgan fingerprint density at radius 3 is 1.65 bits per heavy atom. The van der Waals surface area contributed by atoms with E-state index in [1.165, 1.54) is 58.6 Å². The van der Waals surface area contributed by atoms with Crippen LogP contribution in [-0.4, -0.2) is 15.0 Å². The smallest absolute Gasteiger partial charge is 0.164 e. The predicted octanol–water partition coefficient (Wildman–Crippen LogP) is 14.5. The summed E-state index contributed by atoms with van der Waals surface area (Å²) in [7, 11) is 0. The molecule has 0 radical (unpaired) electrons. The fraction of sp³-hybridized carbons (Fsp3) is 0. The fourth-order valence-electron chi connectivity index (χ4n) is 8.13. The van der Waals surface area contributed by atoms with Crippen LogP contribution < -0.4 is 0 Å². The van der Waals surface area contributed by atoms with Crippen molar-refractivity contribution < 1.29 is 0 Å². The molecule has 0 bridgehead atoms. The molecule has 0 aliphatic rings. The topological polar surface area (TPSA) is 38.7 Å². The van der Waals surface area contributed by atoms with Crippen LogP contribution in [0.25, 0.3) is 109 Å². The van der Waals surface area contributed by atoms with E-state index in [0.717, 1.165) is 33.2 Å². The molecule has 2 heterocycles. The number of hydrogen-bond acceptors (Lipinski definition) is 4. The van der Waals surface area contributed by atoms with Crippen molar-refractivity contribution in [3.63, 3.8) is 0 Å². The molecule has 0 spiro atoms. The van der Waals surface area contributed by atoms with Crippen molar-refractivity contribution in [2.75, 3.05) is 0 Å². The van der Waals surface area contributed by atoms with Crippen LogP contribution in [0.1, 0.15) is 0 Å². The van der Waals surface area contributed by atoms with Gasteiger partial charge >= 0.3 is 0 Å². The molecule has 0 fully saturated rings. The lowest BCUT2D eigenvalue weighted by Gasteiger charge is -2.12. The zero-order valence-corrected chi connectivity index (χ0v) is 31.6. The summed E-state index contributed by atoms with van der Waals surface area (Å²) in [6, 6.07) is 71.1. The van der Waals surface area contributed by atoms with Crippen LogP contribution >= 0.6 is 11.3 Å². The first-order valence-electron chi connectivity index (χ1n) is 19.2. The van der Waals surface area contributed by atoms with Gasteiger partial charge in [0.25, 0.3) is 0 Å². The van der Waals surface area contributed by atoms with Crippen LogP contribution in [0.3, 0.4) is 0 Å². The molecule has 9 aromatic carbocycles. The minimum absolute atomic E-state index is 0.645. The van der Waals surface area contributed by atoms with Gasteiger partial charge in [0, 0.05) is 36.9 Å². The van der Waals surface area contributed by atoms with Crippen LogP contribution in [0, 0.1) is 0 Å². The first-order valence-corrected chi connectivity index (χ1v) is 20.0. The summed E-state index contributed by atoms with van der Waals surface area (Å²) < 4.78 is 2.45. The second-order valence-corrected chi connectivity index (χ2v) is 15.5. The second kappa shape index (κ2) is 13.8. The fourth-order valence-corrected chi connectivity index (χ4v) is 9.32. The minimum atomic E-state index is 0.645. The SMILES string of the molecule is c1ccc(-c2cccc(-c3nc(-c4ccccc4)nc(-c4cc5sc6cccc(-c7ccc(-c8ccc9ccccc9c8)cc7)c6c5c5ccccc45)n3)c2)cc1. The third-order valence-electron chi connectivity index (χ3n) is 10.9. The molecule has 0 aliphatic heterocycles. The Bertz CT molecular complexity index is 3280. The molecule has 0 unspecified atom stereocenters. The maximum Gasteiger partial charge on any atom is 0.164 e. The van der Waals surface area contributed by atoms with Crippen molar-refractivity contribution >= 4 is 53.1 Å². The van der Waals surface area contributed by atoms with E-state index in [2.05, 4.69) is 176 Å². The van der Waals surface area contributed by atoms with E-state index in [1.54, 1.807) is 0 Å². The van der Waals surface area contributed by atoms with Crippen LogP contribution in [0.4, 0.5) is 0 Å². The summed E-state index contributed by atoms with van der Waals surface area (Å²) in [5, 5.41) is 7.34. The Kier molecular flexibility index (Phi) is 8.01. The molecule has 4 heteroatoms. The van der Waals surface area contributed by atoms with Gasteiger partial charge in [-0.3, -0.25) is 0 Å². The molecule has 57 heavy (non-hydrogen) atoms. The summed E-state index contributed by atoms with van der Waals surface area (Å²) in [5.74, 6) is 1.95. The van der Waals surface area contributed by atoms with Crippen LogP contribution in [-0.2, 0) is 0 Å². The molecule has 0 saturated carbocycles. The molecule has 0 N–H and O–H groups in total. The van der Waals surface area contributed by atoms with Gasteiger partial charge in [0.1, 0.15) is 0 Å². The highest BCUT2D eigenvalue weighted by molar-refractivity contribution is 7.26. The van der Waals surface area contributed by atoms with E-state index in [-0.39, 0.29) is 0 Å². The molecule has 11 aromatic rings. The lowest BCUT2D eigenvalue weighted by atomic mass is 9.93. The number of nitrogens with zero attached hydrogens (tertiary/aromatic N) is 3. The highest BCUT2D eigenvalue weighted by Crippen LogP contribution is 2.46. The zero-order chi connectivity index (χ0) is 37.7. The van der Waals surface area contributed by atoms with Crippen molar-refractivity contribution in [1.29, 1.82) is 0 Å². The number of rotatable bonds is 6. The Morgan fingerprint density at radius 2 is 0.842 bits per heavy atom. The van der Waals surface area contributed by atoms with Gasteiger partial charge in [0.15, 0.2) is 17.5 Å². The van der Waals surface area contributed by atoms with E-state index in [0.29, 0.717) is 17.5 Å². The van der Waals surface area contributed by atoms with Gasteiger partial charge in [-0.05, 0) is 79.2 Å². The van der Waals surface area contributed by atoms with Gasteiger partial charge < -0.3 is 0 Å². The zero-order valence-electron chi connectivity index (χ0n) is 30.8. The summed E-state index contributed by atoms with van der Waals surface area (Å²) in [4.78, 5) is 15.5. The molecule has 2 aromatic heterocycles. The number of fused-ring (bicyclic) bond motifs is 6. The summed E-state index contributed by atoms with van der Waals surface area (Å²) in [5.41, 5.74) is 10.0. The van der Waals surface area contributed by atoms with Gasteiger partial charge in [-0.15, -0.1) is 11.3 Å². The molecule has 266 valence electrons. The third-order valence-corrected chi connectivity index (χ3v) is 12.0. The monoisotopic (exact) mass is 743 g/mol. The second-order valence-electron chi connectivity index (χ2n) is 14.4. The van der Waals surface area contributed by atoms with Gasteiger partial charge in [0.05, 0.1) is 0 Å². The molecular formula is C53H33N3S. The van der Waals surface area contributed by atoms with Crippen molar-refractivity contribution in [3.05, 3.63) is 200 Å². The van der Waals surface area contributed by atoms with E-state index in [1.807, 2.05) is 35.6 Å². The summed E-state index contributed by atoms with van der Waals surface area (Å²) in [6.45, 7) is 0. The van der Waals surface area contributed by atoms with Crippen LogP contribution in [0.15, 0.2) is 200 Å². The molecular weight excluding hydrogens is 711 g/mol. The number of aromatic nitrogens is 3. The van der Waals surface area contributed by atoms with E-state index < -0.39 is 0 Å². The van der Waals surface area contributed by atoms with Crippen molar-refractivity contribution in [3.8, 4) is 67.5 Å².